The first kappa shape index (κ1) is 21.6. The number of nitrogens with one attached hydrogen (secondary N) is 3. The highest BCUT2D eigenvalue weighted by atomic mass is 16.5. The van der Waals surface area contributed by atoms with Crippen molar-refractivity contribution >= 4 is 11.8 Å². The number of carbonyl (C=O) groups is 2. The van der Waals surface area contributed by atoms with Crippen LogP contribution in [0.25, 0.3) is 11.1 Å². The van der Waals surface area contributed by atoms with Crippen LogP contribution in [0.2, 0.25) is 0 Å². The Morgan fingerprint density at radius 2 is 1.91 bits per heavy atom. The molecule has 3 N–H and O–H groups in total. The van der Waals surface area contributed by atoms with Crippen molar-refractivity contribution < 1.29 is 14.3 Å². The number of methoxy groups -OCH3 is 1. The third-order valence-corrected chi connectivity index (χ3v) is 5.96. The number of hydrogen-bond acceptors (Lipinski definition) is 4. The lowest BCUT2D eigenvalue weighted by Crippen LogP contribution is -2.32. The molecule has 0 saturated heterocycles. The zero-order valence-corrected chi connectivity index (χ0v) is 18.4. The van der Waals surface area contributed by atoms with Gasteiger partial charge in [0.25, 0.3) is 11.8 Å². The van der Waals surface area contributed by atoms with Gasteiger partial charge in [0, 0.05) is 23.4 Å². The van der Waals surface area contributed by atoms with Crippen LogP contribution < -0.4 is 15.4 Å². The van der Waals surface area contributed by atoms with Gasteiger partial charge in [-0.25, -0.2) is 0 Å². The number of benzene rings is 2. The van der Waals surface area contributed by atoms with Gasteiger partial charge < -0.3 is 15.4 Å². The van der Waals surface area contributed by atoms with Gasteiger partial charge in [0.15, 0.2) is 0 Å². The molecule has 0 spiro atoms. The molecule has 4 rings (SSSR count). The molecule has 166 valence electrons. The van der Waals surface area contributed by atoms with Crippen LogP contribution in [0.5, 0.6) is 5.75 Å². The van der Waals surface area contributed by atoms with Gasteiger partial charge in [0.1, 0.15) is 5.75 Å². The zero-order chi connectivity index (χ0) is 22.5. The van der Waals surface area contributed by atoms with Crippen molar-refractivity contribution in [1.29, 1.82) is 0 Å². The second-order valence-electron chi connectivity index (χ2n) is 8.18. The molecule has 2 amide bonds. The molecular weight excluding hydrogens is 404 g/mol. The summed E-state index contributed by atoms with van der Waals surface area (Å²) in [7, 11) is 1.54. The highest BCUT2D eigenvalue weighted by molar-refractivity contribution is 5.98. The molecule has 0 aliphatic heterocycles. The van der Waals surface area contributed by atoms with Crippen LogP contribution in [0.15, 0.2) is 54.9 Å². The minimum absolute atomic E-state index is 0.0613. The Kier molecular flexibility index (Phi) is 6.54. The Morgan fingerprint density at radius 3 is 2.62 bits per heavy atom. The first-order chi connectivity index (χ1) is 15.5. The lowest BCUT2D eigenvalue weighted by Gasteiger charge is -2.17. The van der Waals surface area contributed by atoms with E-state index in [2.05, 4.69) is 20.8 Å². The standard InChI is InChI=1S/C25H28N4O3/c1-16(17-6-5-7-19(12-17)24(30)29-21-8-3-4-9-21)28-25(31)22-11-10-18(13-23(22)32-2)20-14-26-27-15-20/h5-7,10-16,21H,3-4,8-9H2,1-2H3,(H,26,27)(H,28,31)(H,29,30)/t16-/m1/s1. The van der Waals surface area contributed by atoms with Gasteiger partial charge in [-0.05, 0) is 55.2 Å². The maximum Gasteiger partial charge on any atom is 0.255 e. The molecule has 1 saturated carbocycles. The zero-order valence-electron chi connectivity index (χ0n) is 18.4. The first-order valence-corrected chi connectivity index (χ1v) is 10.9. The molecule has 1 atom stereocenters. The van der Waals surface area contributed by atoms with Gasteiger partial charge in [0.05, 0.1) is 24.9 Å². The largest absolute Gasteiger partial charge is 0.496 e. The van der Waals surface area contributed by atoms with E-state index in [1.165, 1.54) is 12.8 Å². The summed E-state index contributed by atoms with van der Waals surface area (Å²) in [5, 5.41) is 12.9. The fourth-order valence-corrected chi connectivity index (χ4v) is 4.11. The Balaban J connectivity index is 1.46. The van der Waals surface area contributed by atoms with Gasteiger partial charge in [-0.3, -0.25) is 14.7 Å². The van der Waals surface area contributed by atoms with E-state index in [0.717, 1.165) is 29.5 Å². The summed E-state index contributed by atoms with van der Waals surface area (Å²) in [4.78, 5) is 25.6. The van der Waals surface area contributed by atoms with Gasteiger partial charge in [-0.2, -0.15) is 5.10 Å². The molecule has 1 aliphatic carbocycles. The van der Waals surface area contributed by atoms with Crippen molar-refractivity contribution in [2.45, 2.75) is 44.7 Å². The molecule has 1 heterocycles. The van der Waals surface area contributed by atoms with Gasteiger partial charge >= 0.3 is 0 Å². The number of H-pyrrole nitrogens is 1. The lowest BCUT2D eigenvalue weighted by atomic mass is 10.0. The minimum Gasteiger partial charge on any atom is -0.496 e. The highest BCUT2D eigenvalue weighted by Gasteiger charge is 2.20. The summed E-state index contributed by atoms with van der Waals surface area (Å²) in [6, 6.07) is 12.8. The third-order valence-electron chi connectivity index (χ3n) is 5.96. The topological polar surface area (TPSA) is 96.1 Å². The monoisotopic (exact) mass is 432 g/mol. The smallest absolute Gasteiger partial charge is 0.255 e. The van der Waals surface area contributed by atoms with E-state index in [9.17, 15) is 9.59 Å². The molecule has 2 aromatic carbocycles. The van der Waals surface area contributed by atoms with Crippen molar-refractivity contribution in [1.82, 2.24) is 20.8 Å². The third kappa shape index (κ3) is 4.82. The summed E-state index contributed by atoms with van der Waals surface area (Å²) in [5.41, 5.74) is 3.74. The Labute approximate surface area is 187 Å². The number of ether oxygens (including phenoxy) is 1. The number of hydrogen-bond donors (Lipinski definition) is 3. The fourth-order valence-electron chi connectivity index (χ4n) is 4.11. The molecule has 32 heavy (non-hydrogen) atoms. The van der Waals surface area contributed by atoms with Crippen LogP contribution in [-0.2, 0) is 0 Å². The predicted octanol–water partition coefficient (Wildman–Crippen LogP) is 4.25. The van der Waals surface area contributed by atoms with Crippen LogP contribution in [0, 0.1) is 0 Å². The normalized spacial score (nSPS) is 14.7. The molecule has 1 fully saturated rings. The SMILES string of the molecule is COc1cc(-c2cn[nH]c2)ccc1C(=O)N[C@H](C)c1cccc(C(=O)NC2CCCC2)c1. The van der Waals surface area contributed by atoms with Gasteiger partial charge in [-0.15, -0.1) is 0 Å². The maximum atomic E-state index is 13.0. The molecule has 7 heteroatoms. The van der Waals surface area contributed by atoms with E-state index < -0.39 is 0 Å². The van der Waals surface area contributed by atoms with E-state index >= 15 is 0 Å². The number of rotatable bonds is 7. The average Bonchev–Trinajstić information content (AvgIpc) is 3.53. The summed E-state index contributed by atoms with van der Waals surface area (Å²) in [5.74, 6) is 0.181. The predicted molar refractivity (Wildman–Crippen MR) is 123 cm³/mol. The Hall–Kier alpha value is -3.61. The van der Waals surface area contributed by atoms with Crippen LogP contribution in [0.1, 0.15) is 64.9 Å². The van der Waals surface area contributed by atoms with Crippen molar-refractivity contribution in [3.63, 3.8) is 0 Å². The van der Waals surface area contributed by atoms with E-state index in [1.54, 1.807) is 31.6 Å². The van der Waals surface area contributed by atoms with Crippen molar-refractivity contribution in [2.24, 2.45) is 0 Å². The molecule has 0 radical (unpaired) electrons. The number of nitrogens with zero attached hydrogens (tertiary/aromatic N) is 1. The number of amides is 2. The Morgan fingerprint density at radius 1 is 1.09 bits per heavy atom. The molecule has 7 nitrogen and oxygen atoms in total. The first-order valence-electron chi connectivity index (χ1n) is 10.9. The fraction of sp³-hybridized carbons (Fsp3) is 0.320. The molecule has 0 bridgehead atoms. The highest BCUT2D eigenvalue weighted by Crippen LogP contribution is 2.27. The number of aromatic nitrogens is 2. The van der Waals surface area contributed by atoms with Crippen LogP contribution in [-0.4, -0.2) is 35.2 Å². The molecule has 1 aliphatic rings. The second kappa shape index (κ2) is 9.68. The minimum atomic E-state index is -0.278. The maximum absolute atomic E-state index is 13.0. The lowest BCUT2D eigenvalue weighted by molar-refractivity contribution is 0.0931. The van der Waals surface area contributed by atoms with Crippen LogP contribution in [0.4, 0.5) is 0 Å². The molecule has 3 aromatic rings. The van der Waals surface area contributed by atoms with Gasteiger partial charge in [-0.1, -0.05) is 31.0 Å². The van der Waals surface area contributed by atoms with E-state index in [-0.39, 0.29) is 23.9 Å². The summed E-state index contributed by atoms with van der Waals surface area (Å²) >= 11 is 0. The van der Waals surface area contributed by atoms with Crippen molar-refractivity contribution in [3.05, 3.63) is 71.5 Å². The molecular formula is C25H28N4O3. The van der Waals surface area contributed by atoms with Crippen molar-refractivity contribution in [2.75, 3.05) is 7.11 Å². The number of carbonyl (C=O) groups excluding carboxylic acids is 2. The average molecular weight is 433 g/mol. The van der Waals surface area contributed by atoms with E-state index in [4.69, 9.17) is 4.74 Å². The quantitative estimate of drug-likeness (QED) is 0.520. The summed E-state index contributed by atoms with van der Waals surface area (Å²) < 4.78 is 5.46. The summed E-state index contributed by atoms with van der Waals surface area (Å²) in [6.07, 6.45) is 7.91. The Bertz CT molecular complexity index is 1090. The van der Waals surface area contributed by atoms with E-state index in [1.807, 2.05) is 37.3 Å². The van der Waals surface area contributed by atoms with Crippen LogP contribution >= 0.6 is 0 Å². The summed E-state index contributed by atoms with van der Waals surface area (Å²) in [6.45, 7) is 1.90. The van der Waals surface area contributed by atoms with E-state index in [0.29, 0.717) is 16.9 Å². The van der Waals surface area contributed by atoms with Crippen LogP contribution in [0.3, 0.4) is 0 Å². The second-order valence-corrected chi connectivity index (χ2v) is 8.18. The molecule has 0 unspecified atom stereocenters. The van der Waals surface area contributed by atoms with Crippen molar-refractivity contribution in [3.8, 4) is 16.9 Å². The van der Waals surface area contributed by atoms with Gasteiger partial charge in [0.2, 0.25) is 0 Å². The molecule has 1 aromatic heterocycles. The number of aromatic amines is 1.